The van der Waals surface area contributed by atoms with Gasteiger partial charge in [0.05, 0.1) is 33.1 Å². The van der Waals surface area contributed by atoms with Crippen molar-refractivity contribution in [3.63, 3.8) is 0 Å². The van der Waals surface area contributed by atoms with E-state index in [0.29, 0.717) is 0 Å². The first-order valence-corrected chi connectivity index (χ1v) is 26.2. The van der Waals surface area contributed by atoms with Crippen LogP contribution < -0.4 is 20.7 Å². The lowest BCUT2D eigenvalue weighted by molar-refractivity contribution is 1.15. The van der Waals surface area contributed by atoms with Gasteiger partial charge in [-0.05, 0) is 92.5 Å². The Hall–Kier alpha value is -8.96. The van der Waals surface area contributed by atoms with Gasteiger partial charge in [-0.3, -0.25) is 0 Å². The van der Waals surface area contributed by atoms with Gasteiger partial charge in [-0.1, -0.05) is 212 Å². The molecule has 3 aromatic heterocycles. The van der Waals surface area contributed by atoms with Crippen molar-refractivity contribution in [3.05, 3.63) is 273 Å². The van der Waals surface area contributed by atoms with Gasteiger partial charge in [0.15, 0.2) is 8.07 Å². The Kier molecular flexibility index (Phi) is 9.23. The minimum atomic E-state index is -3.11. The minimum Gasteiger partial charge on any atom is -0.309 e. The molecule has 0 aliphatic carbocycles. The van der Waals surface area contributed by atoms with E-state index in [1.54, 1.807) is 0 Å². The monoisotopic (exact) mass is 907 g/mol. The molecule has 0 N–H and O–H groups in total. The van der Waals surface area contributed by atoms with E-state index in [-0.39, 0.29) is 0 Å². The van der Waals surface area contributed by atoms with Crippen LogP contribution in [0.1, 0.15) is 0 Å². The highest BCUT2D eigenvalue weighted by atomic mass is 28.3. The Balaban J connectivity index is 1.11. The van der Waals surface area contributed by atoms with Gasteiger partial charge in [-0.15, -0.1) is 0 Å². The molecule has 11 aromatic carbocycles. The standard InChI is InChI=1S/C66H45N3Si/c1-5-21-46(22-6-1)47-37-39-48(40-38-47)67-59-33-17-13-31-55(59)57-42-41-49(43-63(57)67)68-60-34-18-16-32-56(60)58-44-66(65(45-64(58)68)69-61-35-19-14-29-53(61)54-30-15-20-36-62(54)69)70(50-23-7-2-8-24-50,51-25-9-3-10-26-51)52-27-11-4-12-28-52/h1-45H. The summed E-state index contributed by atoms with van der Waals surface area (Å²) < 4.78 is 7.53. The van der Waals surface area contributed by atoms with Crippen molar-refractivity contribution in [2.45, 2.75) is 0 Å². The van der Waals surface area contributed by atoms with Gasteiger partial charge < -0.3 is 13.7 Å². The number of fused-ring (bicyclic) bond motifs is 9. The van der Waals surface area contributed by atoms with Crippen LogP contribution in [-0.4, -0.2) is 21.8 Å². The van der Waals surface area contributed by atoms with Crippen LogP contribution in [0, 0.1) is 0 Å². The van der Waals surface area contributed by atoms with Crippen LogP contribution in [0.5, 0.6) is 0 Å². The second kappa shape index (κ2) is 16.1. The van der Waals surface area contributed by atoms with Crippen molar-refractivity contribution in [1.82, 2.24) is 13.7 Å². The molecule has 0 aliphatic heterocycles. The zero-order valence-electron chi connectivity index (χ0n) is 38.3. The molecule has 14 aromatic rings. The van der Waals surface area contributed by atoms with E-state index >= 15 is 0 Å². The normalized spacial score (nSPS) is 12.0. The summed E-state index contributed by atoms with van der Waals surface area (Å²) in [4.78, 5) is 0. The van der Waals surface area contributed by atoms with Crippen LogP contribution in [0.3, 0.4) is 0 Å². The maximum atomic E-state index is 2.59. The molecule has 0 saturated carbocycles. The molecule has 0 fully saturated rings. The first-order valence-electron chi connectivity index (χ1n) is 24.2. The maximum Gasteiger partial charge on any atom is 0.181 e. The third kappa shape index (κ3) is 6.00. The third-order valence-electron chi connectivity index (χ3n) is 14.8. The highest BCUT2D eigenvalue weighted by Gasteiger charge is 2.44. The molecule has 0 saturated heterocycles. The maximum absolute atomic E-state index is 3.11. The molecule has 3 heterocycles. The Bertz CT molecular complexity index is 4110. The molecule has 0 aliphatic rings. The topological polar surface area (TPSA) is 14.8 Å². The molecule has 0 unspecified atom stereocenters. The average Bonchev–Trinajstić information content (AvgIpc) is 4.07. The molecule has 0 amide bonds. The molecule has 3 nitrogen and oxygen atoms in total. The van der Waals surface area contributed by atoms with E-state index in [9.17, 15) is 0 Å². The van der Waals surface area contributed by atoms with Crippen molar-refractivity contribution in [3.8, 4) is 28.2 Å². The number of aromatic nitrogens is 3. The Morgan fingerprint density at radius 3 is 1.09 bits per heavy atom. The first-order chi connectivity index (χ1) is 34.8. The van der Waals surface area contributed by atoms with Gasteiger partial charge in [0, 0.05) is 49.4 Å². The molecule has 0 atom stereocenters. The fourth-order valence-corrected chi connectivity index (χ4v) is 16.7. The molecule has 70 heavy (non-hydrogen) atoms. The molecule has 0 bridgehead atoms. The summed E-state index contributed by atoms with van der Waals surface area (Å²) in [6.45, 7) is 0. The highest BCUT2D eigenvalue weighted by Crippen LogP contribution is 2.40. The van der Waals surface area contributed by atoms with Gasteiger partial charge in [0.1, 0.15) is 0 Å². The van der Waals surface area contributed by atoms with Gasteiger partial charge >= 0.3 is 0 Å². The fourth-order valence-electron chi connectivity index (χ4n) is 11.8. The summed E-state index contributed by atoms with van der Waals surface area (Å²) in [7, 11) is -3.11. The second-order valence-electron chi connectivity index (χ2n) is 18.4. The quantitative estimate of drug-likeness (QED) is 0.107. The van der Waals surface area contributed by atoms with Crippen LogP contribution in [-0.2, 0) is 0 Å². The van der Waals surface area contributed by atoms with Gasteiger partial charge in [0.25, 0.3) is 0 Å². The fraction of sp³-hybridized carbons (Fsp3) is 0. The van der Waals surface area contributed by atoms with Crippen molar-refractivity contribution in [2.75, 3.05) is 0 Å². The average molecular weight is 908 g/mol. The molecule has 0 spiro atoms. The third-order valence-corrected chi connectivity index (χ3v) is 19.6. The number of para-hydroxylation sites is 4. The van der Waals surface area contributed by atoms with E-state index < -0.39 is 8.07 Å². The lowest BCUT2D eigenvalue weighted by Gasteiger charge is -2.36. The summed E-state index contributed by atoms with van der Waals surface area (Å²) >= 11 is 0. The summed E-state index contributed by atoms with van der Waals surface area (Å²) in [6.07, 6.45) is 0. The van der Waals surface area contributed by atoms with Crippen molar-refractivity contribution in [1.29, 1.82) is 0 Å². The van der Waals surface area contributed by atoms with Crippen molar-refractivity contribution < 1.29 is 0 Å². The number of nitrogens with zero attached hydrogens (tertiary/aromatic N) is 3. The largest absolute Gasteiger partial charge is 0.309 e. The van der Waals surface area contributed by atoms with Gasteiger partial charge in [0.2, 0.25) is 0 Å². The van der Waals surface area contributed by atoms with Crippen LogP contribution >= 0.6 is 0 Å². The predicted octanol–water partition coefficient (Wildman–Crippen LogP) is 14.0. The number of benzene rings is 11. The Morgan fingerprint density at radius 2 is 0.586 bits per heavy atom. The van der Waals surface area contributed by atoms with Crippen LogP contribution in [0.4, 0.5) is 0 Å². The molecule has 0 radical (unpaired) electrons. The second-order valence-corrected chi connectivity index (χ2v) is 22.2. The summed E-state index contributed by atoms with van der Waals surface area (Å²) in [5, 5.41) is 12.8. The Morgan fingerprint density at radius 1 is 0.229 bits per heavy atom. The van der Waals surface area contributed by atoms with E-state index in [1.165, 1.54) is 97.5 Å². The SMILES string of the molecule is c1ccc(-c2ccc(-n3c4ccccc4c4ccc(-n5c6ccccc6c6cc([Si](c7ccccc7)(c7ccccc7)c7ccccc7)c(-n7c8ccccc8c8ccccc87)cc65)cc43)cc2)cc1. The first kappa shape index (κ1) is 40.1. The van der Waals surface area contributed by atoms with E-state index in [1.807, 2.05) is 0 Å². The number of hydrogen-bond donors (Lipinski definition) is 0. The summed E-state index contributed by atoms with van der Waals surface area (Å²) in [6, 6.07) is 102. The molecule has 328 valence electrons. The van der Waals surface area contributed by atoms with Crippen LogP contribution in [0.25, 0.3) is 93.6 Å². The molecule has 4 heteroatoms. The van der Waals surface area contributed by atoms with Gasteiger partial charge in [-0.2, -0.15) is 0 Å². The van der Waals surface area contributed by atoms with Crippen LogP contribution in [0.2, 0.25) is 0 Å². The predicted molar refractivity (Wildman–Crippen MR) is 299 cm³/mol. The van der Waals surface area contributed by atoms with Crippen LogP contribution in [0.15, 0.2) is 273 Å². The molecule has 14 rings (SSSR count). The number of rotatable bonds is 8. The summed E-state index contributed by atoms with van der Waals surface area (Å²) in [5.74, 6) is 0. The van der Waals surface area contributed by atoms with E-state index in [2.05, 4.69) is 287 Å². The zero-order valence-corrected chi connectivity index (χ0v) is 39.3. The zero-order chi connectivity index (χ0) is 46.2. The number of hydrogen-bond acceptors (Lipinski definition) is 0. The van der Waals surface area contributed by atoms with Crippen molar-refractivity contribution >= 4 is 94.2 Å². The van der Waals surface area contributed by atoms with E-state index in [4.69, 9.17) is 0 Å². The lowest BCUT2D eigenvalue weighted by Crippen LogP contribution is -2.75. The molecular formula is C66H45N3Si. The lowest BCUT2D eigenvalue weighted by atomic mass is 10.1. The minimum absolute atomic E-state index is 1.11. The smallest absolute Gasteiger partial charge is 0.181 e. The van der Waals surface area contributed by atoms with E-state index in [0.717, 1.165) is 16.9 Å². The van der Waals surface area contributed by atoms with Crippen molar-refractivity contribution in [2.24, 2.45) is 0 Å². The summed E-state index contributed by atoms with van der Waals surface area (Å²) in [5.41, 5.74) is 12.9. The van der Waals surface area contributed by atoms with Gasteiger partial charge in [-0.25, -0.2) is 0 Å². The Labute approximate surface area is 407 Å². The highest BCUT2D eigenvalue weighted by molar-refractivity contribution is 7.20. The molecular weight excluding hydrogens is 863 g/mol.